The predicted octanol–water partition coefficient (Wildman–Crippen LogP) is 1.47. The lowest BCUT2D eigenvalue weighted by Crippen LogP contribution is -2.13. The van der Waals surface area contributed by atoms with E-state index in [1.165, 1.54) is 0 Å². The molecule has 0 amide bonds. The molecule has 0 aromatic carbocycles. The van der Waals surface area contributed by atoms with Gasteiger partial charge in [-0.2, -0.15) is 0 Å². The highest BCUT2D eigenvalue weighted by Crippen LogP contribution is 2.26. The highest BCUT2D eigenvalue weighted by Gasteiger charge is 2.14. The van der Waals surface area contributed by atoms with Gasteiger partial charge in [-0.25, -0.2) is 4.98 Å². The van der Waals surface area contributed by atoms with Crippen LogP contribution in [0.15, 0.2) is 31.0 Å². The molecular formula is C12H16N4OS. The van der Waals surface area contributed by atoms with Crippen molar-refractivity contribution in [1.82, 2.24) is 14.5 Å². The molecule has 0 radical (unpaired) electrons. The Morgan fingerprint density at radius 2 is 2.22 bits per heavy atom. The van der Waals surface area contributed by atoms with Gasteiger partial charge in [0, 0.05) is 52.5 Å². The highest BCUT2D eigenvalue weighted by molar-refractivity contribution is 7.84. The zero-order valence-electron chi connectivity index (χ0n) is 10.4. The molecule has 0 aliphatic rings. The topological polar surface area (TPSA) is 73.8 Å². The molecule has 0 spiro atoms. The number of imidazole rings is 1. The van der Waals surface area contributed by atoms with Crippen LogP contribution in [0.1, 0.15) is 13.0 Å². The summed E-state index contributed by atoms with van der Waals surface area (Å²) in [5.41, 5.74) is 8.36. The summed E-state index contributed by atoms with van der Waals surface area (Å²) in [5, 5.41) is 0. The molecule has 96 valence electrons. The van der Waals surface area contributed by atoms with Crippen molar-refractivity contribution >= 4 is 16.5 Å². The Balaban J connectivity index is 2.39. The van der Waals surface area contributed by atoms with E-state index in [9.17, 15) is 4.21 Å². The quantitative estimate of drug-likeness (QED) is 0.907. The molecule has 5 nitrogen and oxygen atoms in total. The highest BCUT2D eigenvalue weighted by atomic mass is 32.2. The van der Waals surface area contributed by atoms with Gasteiger partial charge < -0.3 is 10.3 Å². The molecule has 2 N–H and O–H groups in total. The van der Waals surface area contributed by atoms with E-state index in [2.05, 4.69) is 9.97 Å². The minimum Gasteiger partial charge on any atom is -0.398 e. The number of aromatic nitrogens is 3. The van der Waals surface area contributed by atoms with Crippen LogP contribution in [0.2, 0.25) is 0 Å². The maximum atomic E-state index is 11.3. The van der Waals surface area contributed by atoms with Gasteiger partial charge in [0.2, 0.25) is 0 Å². The van der Waals surface area contributed by atoms with Crippen LogP contribution in [-0.2, 0) is 10.8 Å². The first-order valence-corrected chi connectivity index (χ1v) is 7.34. The van der Waals surface area contributed by atoms with E-state index in [1.807, 2.05) is 11.5 Å². The summed E-state index contributed by atoms with van der Waals surface area (Å²) in [7, 11) is -0.846. The second kappa shape index (κ2) is 5.30. The zero-order valence-corrected chi connectivity index (χ0v) is 11.2. The second-order valence-corrected chi connectivity index (χ2v) is 5.72. The van der Waals surface area contributed by atoms with Crippen molar-refractivity contribution < 1.29 is 4.21 Å². The largest absolute Gasteiger partial charge is 0.398 e. The molecule has 2 heterocycles. The Labute approximate surface area is 109 Å². The molecule has 6 heteroatoms. The maximum Gasteiger partial charge on any atom is 0.0953 e. The second-order valence-electron chi connectivity index (χ2n) is 4.24. The van der Waals surface area contributed by atoms with Crippen molar-refractivity contribution in [1.29, 1.82) is 0 Å². The van der Waals surface area contributed by atoms with Crippen LogP contribution >= 0.6 is 0 Å². The van der Waals surface area contributed by atoms with Gasteiger partial charge in [0.1, 0.15) is 0 Å². The molecule has 2 aromatic heterocycles. The van der Waals surface area contributed by atoms with Crippen molar-refractivity contribution in [3.8, 4) is 11.3 Å². The summed E-state index contributed by atoms with van der Waals surface area (Å²) in [6.45, 7) is 2.01. The minimum atomic E-state index is -0.846. The summed E-state index contributed by atoms with van der Waals surface area (Å²) in [4.78, 5) is 8.23. The van der Waals surface area contributed by atoms with E-state index in [0.29, 0.717) is 11.4 Å². The van der Waals surface area contributed by atoms with Crippen molar-refractivity contribution in [3.63, 3.8) is 0 Å². The molecule has 0 aliphatic carbocycles. The van der Waals surface area contributed by atoms with Crippen LogP contribution < -0.4 is 5.73 Å². The fraction of sp³-hybridized carbons (Fsp3) is 0.333. The van der Waals surface area contributed by atoms with Crippen LogP contribution in [-0.4, -0.2) is 30.8 Å². The lowest BCUT2D eigenvalue weighted by atomic mass is 10.2. The fourth-order valence-electron chi connectivity index (χ4n) is 1.90. The molecule has 18 heavy (non-hydrogen) atoms. The first-order chi connectivity index (χ1) is 8.59. The fourth-order valence-corrected chi connectivity index (χ4v) is 2.74. The summed E-state index contributed by atoms with van der Waals surface area (Å²) >= 11 is 0. The van der Waals surface area contributed by atoms with Crippen LogP contribution in [0.3, 0.4) is 0 Å². The SMILES string of the molecule is CC(CS(C)=O)n1cncc1-c1cnccc1N. The Bertz CT molecular complexity index is 567. The smallest absolute Gasteiger partial charge is 0.0953 e. The average Bonchev–Trinajstić information content (AvgIpc) is 2.77. The number of nitrogens with zero attached hydrogens (tertiary/aromatic N) is 3. The molecule has 2 unspecified atom stereocenters. The van der Waals surface area contributed by atoms with Gasteiger partial charge in [0.05, 0.1) is 18.2 Å². The van der Waals surface area contributed by atoms with Crippen molar-refractivity contribution in [2.45, 2.75) is 13.0 Å². The lowest BCUT2D eigenvalue weighted by Gasteiger charge is -2.16. The standard InChI is InChI=1S/C12H16N4OS/c1-9(7-18(2)17)16-8-15-6-12(16)10-5-14-4-3-11(10)13/h3-6,8-9H,7H2,1-2H3,(H2,13,14). The molecule has 0 aliphatic heterocycles. The van der Waals surface area contributed by atoms with Gasteiger partial charge in [-0.15, -0.1) is 0 Å². The number of hydrogen-bond donors (Lipinski definition) is 1. The molecule has 2 aromatic rings. The van der Waals surface area contributed by atoms with Gasteiger partial charge in [-0.3, -0.25) is 9.19 Å². The average molecular weight is 264 g/mol. The van der Waals surface area contributed by atoms with Gasteiger partial charge >= 0.3 is 0 Å². The molecule has 2 atom stereocenters. The summed E-state index contributed by atoms with van der Waals surface area (Å²) < 4.78 is 13.3. The van der Waals surface area contributed by atoms with Crippen LogP contribution in [0.5, 0.6) is 0 Å². The van der Waals surface area contributed by atoms with Gasteiger partial charge in [0.25, 0.3) is 0 Å². The first-order valence-electron chi connectivity index (χ1n) is 5.61. The number of nitrogens with two attached hydrogens (primary N) is 1. The molecule has 0 saturated heterocycles. The van der Waals surface area contributed by atoms with Gasteiger partial charge in [-0.1, -0.05) is 0 Å². The number of rotatable bonds is 4. The molecular weight excluding hydrogens is 248 g/mol. The van der Waals surface area contributed by atoms with Gasteiger partial charge in [0.15, 0.2) is 0 Å². The van der Waals surface area contributed by atoms with Crippen molar-refractivity contribution in [2.24, 2.45) is 0 Å². The number of nitrogen functional groups attached to an aromatic ring is 1. The monoisotopic (exact) mass is 264 g/mol. The van der Waals surface area contributed by atoms with Crippen LogP contribution in [0, 0.1) is 0 Å². The molecule has 2 rings (SSSR count). The Morgan fingerprint density at radius 1 is 1.44 bits per heavy atom. The van der Waals surface area contributed by atoms with E-state index < -0.39 is 10.8 Å². The maximum absolute atomic E-state index is 11.3. The number of pyridine rings is 1. The van der Waals surface area contributed by atoms with E-state index >= 15 is 0 Å². The summed E-state index contributed by atoms with van der Waals surface area (Å²) in [6.07, 6.45) is 8.57. The lowest BCUT2D eigenvalue weighted by molar-refractivity contribution is 0.601. The molecule has 0 fully saturated rings. The number of anilines is 1. The Morgan fingerprint density at radius 3 is 2.89 bits per heavy atom. The van der Waals surface area contributed by atoms with E-state index in [4.69, 9.17) is 5.73 Å². The predicted molar refractivity (Wildman–Crippen MR) is 73.5 cm³/mol. The van der Waals surface area contributed by atoms with Crippen molar-refractivity contribution in [3.05, 3.63) is 31.0 Å². The number of hydrogen-bond acceptors (Lipinski definition) is 4. The van der Waals surface area contributed by atoms with E-state index in [-0.39, 0.29) is 6.04 Å². The third-order valence-electron chi connectivity index (χ3n) is 2.75. The van der Waals surface area contributed by atoms with Crippen LogP contribution in [0.25, 0.3) is 11.3 Å². The summed E-state index contributed by atoms with van der Waals surface area (Å²) in [6, 6.07) is 1.86. The van der Waals surface area contributed by atoms with Gasteiger partial charge in [-0.05, 0) is 13.0 Å². The summed E-state index contributed by atoms with van der Waals surface area (Å²) in [5.74, 6) is 0.587. The third kappa shape index (κ3) is 2.59. The zero-order chi connectivity index (χ0) is 13.1. The first kappa shape index (κ1) is 12.8. The van der Waals surface area contributed by atoms with Crippen LogP contribution in [0.4, 0.5) is 5.69 Å². The van der Waals surface area contributed by atoms with E-state index in [0.717, 1.165) is 11.3 Å². The minimum absolute atomic E-state index is 0.105. The Kier molecular flexibility index (Phi) is 3.76. The Hall–Kier alpha value is -1.69. The third-order valence-corrected chi connectivity index (χ3v) is 3.70. The molecule has 0 saturated carbocycles. The normalized spacial score (nSPS) is 14.3. The van der Waals surface area contributed by atoms with E-state index in [1.54, 1.807) is 37.2 Å². The molecule has 0 bridgehead atoms. The van der Waals surface area contributed by atoms with Crippen molar-refractivity contribution in [2.75, 3.05) is 17.7 Å².